The first-order valence-corrected chi connectivity index (χ1v) is 6.86. The molecule has 3 nitrogen and oxygen atoms in total. The number of anilines is 1. The van der Waals surface area contributed by atoms with E-state index in [1.54, 1.807) is 12.1 Å². The van der Waals surface area contributed by atoms with E-state index < -0.39 is 0 Å². The van der Waals surface area contributed by atoms with Crippen LogP contribution in [0.3, 0.4) is 0 Å². The molecule has 0 aliphatic carbocycles. The second kappa shape index (κ2) is 6.34. The first-order chi connectivity index (χ1) is 8.11. The number of halogens is 1. The third kappa shape index (κ3) is 3.56. The van der Waals surface area contributed by atoms with Crippen molar-refractivity contribution in [1.29, 1.82) is 0 Å². The van der Waals surface area contributed by atoms with E-state index in [-0.39, 0.29) is 23.1 Å². The fraction of sp³-hybridized carbons (Fsp3) is 0.462. The minimum Gasteiger partial charge on any atom is -0.398 e. The molecule has 5 heteroatoms. The summed E-state index contributed by atoms with van der Waals surface area (Å²) in [4.78, 5) is 12.0. The Bertz CT molecular complexity index is 419. The molecule has 3 N–H and O–H groups in total. The Hall–Kier alpha value is -0.870. The zero-order chi connectivity index (χ0) is 12.3. The standard InChI is InChI=1S/C13H18N2OS.ClH/c1-13(7-4-8-17-13)9-15-12(16)10-5-2-3-6-11(10)14;/h2-3,5-6H,4,7-9,14H2,1H3,(H,15,16);1H. The van der Waals surface area contributed by atoms with Crippen LogP contribution in [-0.2, 0) is 0 Å². The van der Waals surface area contributed by atoms with Crippen molar-refractivity contribution in [1.82, 2.24) is 5.32 Å². The number of para-hydroxylation sites is 1. The highest BCUT2D eigenvalue weighted by Gasteiger charge is 2.29. The van der Waals surface area contributed by atoms with Crippen LogP contribution in [0.4, 0.5) is 5.69 Å². The number of thioether (sulfide) groups is 1. The number of nitrogen functional groups attached to an aromatic ring is 1. The van der Waals surface area contributed by atoms with Gasteiger partial charge in [0, 0.05) is 17.0 Å². The van der Waals surface area contributed by atoms with Gasteiger partial charge < -0.3 is 11.1 Å². The number of hydrogen-bond donors (Lipinski definition) is 2. The van der Waals surface area contributed by atoms with Crippen molar-refractivity contribution in [2.24, 2.45) is 0 Å². The molecule has 0 radical (unpaired) electrons. The molecule has 0 aromatic heterocycles. The average Bonchev–Trinajstić information content (AvgIpc) is 2.74. The zero-order valence-corrected chi connectivity index (χ0v) is 12.1. The van der Waals surface area contributed by atoms with Gasteiger partial charge in [-0.3, -0.25) is 4.79 Å². The summed E-state index contributed by atoms with van der Waals surface area (Å²) in [6, 6.07) is 7.17. The second-order valence-corrected chi connectivity index (χ2v) is 6.35. The lowest BCUT2D eigenvalue weighted by molar-refractivity contribution is 0.0951. The largest absolute Gasteiger partial charge is 0.398 e. The van der Waals surface area contributed by atoms with Crippen LogP contribution >= 0.6 is 24.2 Å². The van der Waals surface area contributed by atoms with E-state index in [1.165, 1.54) is 18.6 Å². The normalized spacial score (nSPS) is 22.3. The van der Waals surface area contributed by atoms with Crippen molar-refractivity contribution in [3.63, 3.8) is 0 Å². The second-order valence-electron chi connectivity index (χ2n) is 4.67. The minimum absolute atomic E-state index is 0. The van der Waals surface area contributed by atoms with Crippen LogP contribution in [0.1, 0.15) is 30.1 Å². The van der Waals surface area contributed by atoms with Gasteiger partial charge in [-0.1, -0.05) is 12.1 Å². The topological polar surface area (TPSA) is 55.1 Å². The lowest BCUT2D eigenvalue weighted by Crippen LogP contribution is -2.37. The molecular weight excluding hydrogens is 268 g/mol. The zero-order valence-electron chi connectivity index (χ0n) is 10.4. The summed E-state index contributed by atoms with van der Waals surface area (Å²) < 4.78 is 0.194. The van der Waals surface area contributed by atoms with E-state index in [1.807, 2.05) is 23.9 Å². The number of carbonyl (C=O) groups is 1. The SMILES string of the molecule is CC1(CNC(=O)c2ccccc2N)CCCS1.Cl. The van der Waals surface area contributed by atoms with Crippen LogP contribution in [-0.4, -0.2) is 23.0 Å². The fourth-order valence-corrected chi connectivity index (χ4v) is 3.29. The van der Waals surface area contributed by atoms with Crippen molar-refractivity contribution in [2.45, 2.75) is 24.5 Å². The molecule has 2 rings (SSSR count). The van der Waals surface area contributed by atoms with Crippen molar-refractivity contribution < 1.29 is 4.79 Å². The van der Waals surface area contributed by atoms with Crippen molar-refractivity contribution >= 4 is 35.8 Å². The van der Waals surface area contributed by atoms with E-state index in [0.717, 1.165) is 0 Å². The molecule has 18 heavy (non-hydrogen) atoms. The maximum absolute atomic E-state index is 12.0. The Morgan fingerprint density at radius 1 is 1.50 bits per heavy atom. The third-order valence-corrected chi connectivity index (χ3v) is 4.67. The summed E-state index contributed by atoms with van der Waals surface area (Å²) >= 11 is 1.94. The van der Waals surface area contributed by atoms with E-state index in [4.69, 9.17) is 5.73 Å². The van der Waals surface area contributed by atoms with E-state index in [0.29, 0.717) is 17.8 Å². The molecule has 1 aromatic rings. The highest BCUT2D eigenvalue weighted by atomic mass is 35.5. The number of amides is 1. The minimum atomic E-state index is -0.0724. The van der Waals surface area contributed by atoms with Gasteiger partial charge in [0.15, 0.2) is 0 Å². The predicted molar refractivity (Wildman–Crippen MR) is 80.5 cm³/mol. The molecule has 0 bridgehead atoms. The molecule has 1 amide bonds. The Morgan fingerprint density at radius 3 is 2.83 bits per heavy atom. The third-order valence-electron chi connectivity index (χ3n) is 3.13. The van der Waals surface area contributed by atoms with Crippen molar-refractivity contribution in [2.75, 3.05) is 18.0 Å². The first-order valence-electron chi connectivity index (χ1n) is 5.87. The van der Waals surface area contributed by atoms with Gasteiger partial charge in [0.25, 0.3) is 5.91 Å². The van der Waals surface area contributed by atoms with Gasteiger partial charge in [0.1, 0.15) is 0 Å². The number of nitrogens with one attached hydrogen (secondary N) is 1. The van der Waals surface area contributed by atoms with E-state index >= 15 is 0 Å². The highest BCUT2D eigenvalue weighted by Crippen LogP contribution is 2.37. The Labute approximate surface area is 118 Å². The van der Waals surface area contributed by atoms with Gasteiger partial charge in [-0.25, -0.2) is 0 Å². The molecule has 1 aliphatic heterocycles. The van der Waals surface area contributed by atoms with Gasteiger partial charge in [-0.05, 0) is 37.7 Å². The summed E-state index contributed by atoms with van der Waals surface area (Å²) in [5.74, 6) is 1.12. The van der Waals surface area contributed by atoms with Crippen LogP contribution in [0.2, 0.25) is 0 Å². The van der Waals surface area contributed by atoms with Crippen molar-refractivity contribution in [3.05, 3.63) is 29.8 Å². The smallest absolute Gasteiger partial charge is 0.253 e. The van der Waals surface area contributed by atoms with Gasteiger partial charge in [-0.2, -0.15) is 11.8 Å². The Balaban J connectivity index is 0.00000162. The monoisotopic (exact) mass is 286 g/mol. The average molecular weight is 287 g/mol. The Morgan fingerprint density at radius 2 is 2.22 bits per heavy atom. The molecule has 1 aromatic carbocycles. The molecule has 1 atom stereocenters. The quantitative estimate of drug-likeness (QED) is 0.840. The summed E-state index contributed by atoms with van der Waals surface area (Å²) in [5, 5.41) is 2.98. The van der Waals surface area contributed by atoms with Crippen LogP contribution in [0.25, 0.3) is 0 Å². The Kier molecular flexibility index (Phi) is 5.35. The number of nitrogens with two attached hydrogens (primary N) is 1. The van der Waals surface area contributed by atoms with Crippen molar-refractivity contribution in [3.8, 4) is 0 Å². The molecule has 1 aliphatic rings. The summed E-state index contributed by atoms with van der Waals surface area (Å²) in [5.41, 5.74) is 6.88. The molecule has 1 fully saturated rings. The number of carbonyl (C=O) groups excluding carboxylic acids is 1. The van der Waals surface area contributed by atoms with E-state index in [9.17, 15) is 4.79 Å². The highest BCUT2D eigenvalue weighted by molar-refractivity contribution is 8.00. The molecule has 100 valence electrons. The maximum atomic E-state index is 12.0. The number of rotatable bonds is 3. The van der Waals surface area contributed by atoms with Gasteiger partial charge in [-0.15, -0.1) is 12.4 Å². The first kappa shape index (κ1) is 15.2. The summed E-state index contributed by atoms with van der Waals surface area (Å²) in [6.07, 6.45) is 2.41. The van der Waals surface area contributed by atoms with Crippen LogP contribution in [0.15, 0.2) is 24.3 Å². The van der Waals surface area contributed by atoms with Crippen LogP contribution in [0, 0.1) is 0 Å². The molecule has 1 unspecified atom stereocenters. The molecular formula is C13H19ClN2OS. The van der Waals surface area contributed by atoms with Crippen LogP contribution < -0.4 is 11.1 Å². The summed E-state index contributed by atoms with van der Waals surface area (Å²) in [7, 11) is 0. The number of hydrogen-bond acceptors (Lipinski definition) is 3. The van der Waals surface area contributed by atoms with Gasteiger partial charge in [0.2, 0.25) is 0 Å². The summed E-state index contributed by atoms with van der Waals surface area (Å²) in [6.45, 7) is 2.92. The maximum Gasteiger partial charge on any atom is 0.253 e. The lowest BCUT2D eigenvalue weighted by atomic mass is 10.1. The molecule has 0 saturated carbocycles. The van der Waals surface area contributed by atoms with Gasteiger partial charge in [0.05, 0.1) is 5.56 Å². The lowest BCUT2D eigenvalue weighted by Gasteiger charge is -2.23. The van der Waals surface area contributed by atoms with Crippen LogP contribution in [0.5, 0.6) is 0 Å². The predicted octanol–water partition coefficient (Wildman–Crippen LogP) is 2.71. The van der Waals surface area contributed by atoms with E-state index in [2.05, 4.69) is 12.2 Å². The van der Waals surface area contributed by atoms with Gasteiger partial charge >= 0.3 is 0 Å². The molecule has 0 spiro atoms. The number of benzene rings is 1. The fourth-order valence-electron chi connectivity index (χ4n) is 2.04. The molecule has 1 heterocycles. The molecule has 1 saturated heterocycles.